The molecule has 0 aliphatic heterocycles. The fourth-order valence-corrected chi connectivity index (χ4v) is 1.76. The summed E-state index contributed by atoms with van der Waals surface area (Å²) < 4.78 is 5.14. The highest BCUT2D eigenvalue weighted by Gasteiger charge is 2.15. The van der Waals surface area contributed by atoms with Crippen LogP contribution in [0, 0.1) is 6.92 Å². The molecule has 4 heteroatoms. The van der Waals surface area contributed by atoms with Crippen molar-refractivity contribution in [3.63, 3.8) is 0 Å². The second kappa shape index (κ2) is 5.59. The summed E-state index contributed by atoms with van der Waals surface area (Å²) in [5.41, 5.74) is 2.07. The van der Waals surface area contributed by atoms with Gasteiger partial charge in [-0.2, -0.15) is 0 Å². The molecule has 1 unspecified atom stereocenters. The van der Waals surface area contributed by atoms with E-state index in [1.54, 1.807) is 18.7 Å². The molecule has 4 nitrogen and oxygen atoms in total. The molecular formula is C13H17N3O. The first-order valence-electron chi connectivity index (χ1n) is 5.86. The van der Waals surface area contributed by atoms with Gasteiger partial charge in [0.15, 0.2) is 0 Å². The molecule has 17 heavy (non-hydrogen) atoms. The fraction of sp³-hybridized carbons (Fsp3) is 0.385. The zero-order valence-electron chi connectivity index (χ0n) is 10.2. The molecule has 2 aromatic heterocycles. The Hall–Kier alpha value is -1.68. The molecule has 0 radical (unpaired) electrons. The van der Waals surface area contributed by atoms with Crippen LogP contribution in [0.3, 0.4) is 0 Å². The predicted octanol–water partition coefficient (Wildman–Crippen LogP) is 2.47. The first-order valence-corrected chi connectivity index (χ1v) is 5.86. The minimum absolute atomic E-state index is 0.0791. The summed E-state index contributed by atoms with van der Waals surface area (Å²) in [5.74, 6) is 0.786. The van der Waals surface area contributed by atoms with E-state index in [1.165, 1.54) is 0 Å². The highest BCUT2D eigenvalue weighted by molar-refractivity contribution is 5.23. The highest BCUT2D eigenvalue weighted by atomic mass is 16.3. The Morgan fingerprint density at radius 3 is 2.94 bits per heavy atom. The Kier molecular flexibility index (Phi) is 3.88. The molecule has 90 valence electrons. The monoisotopic (exact) mass is 231 g/mol. The summed E-state index contributed by atoms with van der Waals surface area (Å²) in [4.78, 5) is 8.59. The minimum Gasteiger partial charge on any atom is -0.472 e. The van der Waals surface area contributed by atoms with Crippen molar-refractivity contribution in [1.29, 1.82) is 0 Å². The summed E-state index contributed by atoms with van der Waals surface area (Å²) >= 11 is 0. The number of rotatable bonds is 5. The van der Waals surface area contributed by atoms with Crippen LogP contribution in [0.4, 0.5) is 0 Å². The van der Waals surface area contributed by atoms with Gasteiger partial charge in [-0.1, -0.05) is 6.92 Å². The van der Waals surface area contributed by atoms with Gasteiger partial charge in [0.2, 0.25) is 0 Å². The van der Waals surface area contributed by atoms with Crippen LogP contribution in [0.15, 0.2) is 35.3 Å². The maximum absolute atomic E-state index is 5.14. The zero-order valence-corrected chi connectivity index (χ0v) is 10.2. The third kappa shape index (κ3) is 2.91. The van der Waals surface area contributed by atoms with Crippen molar-refractivity contribution in [2.75, 3.05) is 6.54 Å². The molecule has 0 aliphatic rings. The van der Waals surface area contributed by atoms with Crippen LogP contribution >= 0.6 is 0 Å². The summed E-state index contributed by atoms with van der Waals surface area (Å²) in [6.45, 7) is 4.99. The van der Waals surface area contributed by atoms with Crippen molar-refractivity contribution in [2.45, 2.75) is 26.3 Å². The van der Waals surface area contributed by atoms with Gasteiger partial charge in [0.25, 0.3) is 0 Å². The Morgan fingerprint density at radius 1 is 1.41 bits per heavy atom. The van der Waals surface area contributed by atoms with Crippen LogP contribution < -0.4 is 5.32 Å². The van der Waals surface area contributed by atoms with Gasteiger partial charge in [0.1, 0.15) is 5.82 Å². The molecule has 2 aromatic rings. The molecule has 1 N–H and O–H groups in total. The summed E-state index contributed by atoms with van der Waals surface area (Å²) in [7, 11) is 0. The topological polar surface area (TPSA) is 51.0 Å². The lowest BCUT2D eigenvalue weighted by molar-refractivity contribution is 0.543. The second-order valence-electron chi connectivity index (χ2n) is 3.97. The zero-order chi connectivity index (χ0) is 12.1. The first kappa shape index (κ1) is 11.8. The number of aryl methyl sites for hydroxylation is 1. The Bertz CT molecular complexity index is 453. The molecule has 0 aliphatic carbocycles. The average molecular weight is 231 g/mol. The van der Waals surface area contributed by atoms with Crippen LogP contribution in [-0.4, -0.2) is 16.5 Å². The maximum Gasteiger partial charge on any atom is 0.125 e. The van der Waals surface area contributed by atoms with Crippen LogP contribution in [0.1, 0.15) is 36.5 Å². The van der Waals surface area contributed by atoms with E-state index in [9.17, 15) is 0 Å². The SMILES string of the molecule is CCCNC(c1ccoc1)c1ccnc(C)n1. The molecule has 0 aromatic carbocycles. The minimum atomic E-state index is 0.0791. The van der Waals surface area contributed by atoms with Gasteiger partial charge in [-0.05, 0) is 32.0 Å². The van der Waals surface area contributed by atoms with E-state index in [0.717, 1.165) is 30.0 Å². The lowest BCUT2D eigenvalue weighted by atomic mass is 10.1. The van der Waals surface area contributed by atoms with E-state index < -0.39 is 0 Å². The largest absolute Gasteiger partial charge is 0.472 e. The first-order chi connectivity index (χ1) is 8.31. The number of furan rings is 1. The van der Waals surface area contributed by atoms with E-state index in [0.29, 0.717) is 0 Å². The van der Waals surface area contributed by atoms with E-state index in [1.807, 2.05) is 19.1 Å². The smallest absolute Gasteiger partial charge is 0.125 e. The van der Waals surface area contributed by atoms with Crippen molar-refractivity contribution < 1.29 is 4.42 Å². The highest BCUT2D eigenvalue weighted by Crippen LogP contribution is 2.20. The van der Waals surface area contributed by atoms with Crippen molar-refractivity contribution in [3.05, 3.63) is 47.9 Å². The Labute approximate surface area is 101 Å². The fourth-order valence-electron chi connectivity index (χ4n) is 1.76. The van der Waals surface area contributed by atoms with Crippen LogP contribution in [0.5, 0.6) is 0 Å². The maximum atomic E-state index is 5.14. The Balaban J connectivity index is 2.27. The lowest BCUT2D eigenvalue weighted by Crippen LogP contribution is -2.24. The molecule has 0 bridgehead atoms. The average Bonchev–Trinajstić information content (AvgIpc) is 2.83. The second-order valence-corrected chi connectivity index (χ2v) is 3.97. The van der Waals surface area contributed by atoms with Crippen molar-refractivity contribution in [3.8, 4) is 0 Å². The van der Waals surface area contributed by atoms with E-state index in [4.69, 9.17) is 4.42 Å². The van der Waals surface area contributed by atoms with Gasteiger partial charge in [-0.25, -0.2) is 9.97 Å². The van der Waals surface area contributed by atoms with Gasteiger partial charge >= 0.3 is 0 Å². The molecule has 0 saturated heterocycles. The van der Waals surface area contributed by atoms with Gasteiger partial charge in [-0.15, -0.1) is 0 Å². The van der Waals surface area contributed by atoms with E-state index in [2.05, 4.69) is 22.2 Å². The molecule has 0 amide bonds. The molecule has 2 heterocycles. The normalized spacial score (nSPS) is 12.6. The molecule has 0 saturated carbocycles. The molecule has 0 spiro atoms. The third-order valence-electron chi connectivity index (χ3n) is 2.57. The Morgan fingerprint density at radius 2 is 2.29 bits per heavy atom. The standard InChI is InChI=1S/C13H17N3O/c1-3-6-15-13(11-5-8-17-9-11)12-4-7-14-10(2)16-12/h4-5,7-9,13,15H,3,6H2,1-2H3. The number of nitrogens with zero attached hydrogens (tertiary/aromatic N) is 2. The number of hydrogen-bond donors (Lipinski definition) is 1. The van der Waals surface area contributed by atoms with E-state index in [-0.39, 0.29) is 6.04 Å². The predicted molar refractivity (Wildman–Crippen MR) is 65.6 cm³/mol. The van der Waals surface area contributed by atoms with Crippen molar-refractivity contribution in [2.24, 2.45) is 0 Å². The molecular weight excluding hydrogens is 214 g/mol. The molecule has 1 atom stereocenters. The van der Waals surface area contributed by atoms with Gasteiger partial charge in [-0.3, -0.25) is 0 Å². The van der Waals surface area contributed by atoms with Crippen LogP contribution in [0.25, 0.3) is 0 Å². The summed E-state index contributed by atoms with van der Waals surface area (Å²) in [6.07, 6.45) is 6.31. The lowest BCUT2D eigenvalue weighted by Gasteiger charge is -2.16. The number of nitrogens with one attached hydrogen (secondary N) is 1. The van der Waals surface area contributed by atoms with Crippen molar-refractivity contribution >= 4 is 0 Å². The van der Waals surface area contributed by atoms with Gasteiger partial charge in [0, 0.05) is 11.8 Å². The molecule has 2 rings (SSSR count). The molecule has 0 fully saturated rings. The number of hydrogen-bond acceptors (Lipinski definition) is 4. The van der Waals surface area contributed by atoms with Gasteiger partial charge < -0.3 is 9.73 Å². The third-order valence-corrected chi connectivity index (χ3v) is 2.57. The number of aromatic nitrogens is 2. The van der Waals surface area contributed by atoms with Gasteiger partial charge in [0.05, 0.1) is 24.3 Å². The summed E-state index contributed by atoms with van der Waals surface area (Å²) in [6, 6.07) is 3.98. The van der Waals surface area contributed by atoms with E-state index >= 15 is 0 Å². The van der Waals surface area contributed by atoms with Crippen LogP contribution in [-0.2, 0) is 0 Å². The van der Waals surface area contributed by atoms with Crippen molar-refractivity contribution in [1.82, 2.24) is 15.3 Å². The quantitative estimate of drug-likeness (QED) is 0.858. The van der Waals surface area contributed by atoms with Crippen LogP contribution in [0.2, 0.25) is 0 Å². The summed E-state index contributed by atoms with van der Waals surface area (Å²) in [5, 5.41) is 3.47.